The van der Waals surface area contributed by atoms with Gasteiger partial charge in [0.05, 0.1) is 5.75 Å². The molecule has 1 aromatic rings. The van der Waals surface area contributed by atoms with Gasteiger partial charge in [-0.1, -0.05) is 32.0 Å². The minimum atomic E-state index is -2.88. The minimum absolute atomic E-state index is 0.103. The Morgan fingerprint density at radius 1 is 1.33 bits per heavy atom. The average molecular weight is 311 g/mol. The second-order valence-electron chi connectivity index (χ2n) is 5.51. The molecule has 1 N–H and O–H groups in total. The van der Waals surface area contributed by atoms with Gasteiger partial charge in [0.1, 0.15) is 21.7 Å². The predicted molar refractivity (Wildman–Crippen MR) is 85.6 cm³/mol. The first-order chi connectivity index (χ1) is 10.1. The molecule has 118 valence electrons. The largest absolute Gasteiger partial charge is 0.488 e. The molecule has 0 saturated heterocycles. The van der Waals surface area contributed by atoms with Gasteiger partial charge in [-0.3, -0.25) is 0 Å². The zero-order chi connectivity index (χ0) is 15.3. The summed E-state index contributed by atoms with van der Waals surface area (Å²) in [7, 11) is -2.88. The fraction of sp³-hybridized carbons (Fsp3) is 0.625. The van der Waals surface area contributed by atoms with Gasteiger partial charge in [0.25, 0.3) is 0 Å². The molecule has 5 heteroatoms. The molecule has 1 aromatic carbocycles. The SMILES string of the molecule is CCNC(CCCS(=O)(=O)CC)C1Cc2ccccc2O1. The van der Waals surface area contributed by atoms with Crippen LogP contribution in [0.2, 0.25) is 0 Å². The van der Waals surface area contributed by atoms with Crippen molar-refractivity contribution in [3.05, 3.63) is 29.8 Å². The third-order valence-corrected chi connectivity index (χ3v) is 5.79. The third kappa shape index (κ3) is 4.45. The van der Waals surface area contributed by atoms with E-state index in [0.717, 1.165) is 25.1 Å². The van der Waals surface area contributed by atoms with Gasteiger partial charge in [0.15, 0.2) is 0 Å². The summed E-state index contributed by atoms with van der Waals surface area (Å²) < 4.78 is 29.2. The molecule has 0 aliphatic carbocycles. The van der Waals surface area contributed by atoms with E-state index >= 15 is 0 Å². The fourth-order valence-electron chi connectivity index (χ4n) is 2.78. The first-order valence-electron chi connectivity index (χ1n) is 7.74. The van der Waals surface area contributed by atoms with Crippen LogP contribution in [0.4, 0.5) is 0 Å². The Kier molecular flexibility index (Phi) is 5.65. The smallest absolute Gasteiger partial charge is 0.150 e. The van der Waals surface area contributed by atoms with Gasteiger partial charge < -0.3 is 10.1 Å². The van der Waals surface area contributed by atoms with Gasteiger partial charge in [-0.25, -0.2) is 8.42 Å². The Bertz CT molecular complexity index is 531. The van der Waals surface area contributed by atoms with Crippen molar-refractivity contribution in [3.63, 3.8) is 0 Å². The van der Waals surface area contributed by atoms with Gasteiger partial charge in [-0.15, -0.1) is 0 Å². The van der Waals surface area contributed by atoms with Crippen molar-refractivity contribution in [3.8, 4) is 5.75 Å². The van der Waals surface area contributed by atoms with Crippen LogP contribution in [0.15, 0.2) is 24.3 Å². The van der Waals surface area contributed by atoms with Crippen LogP contribution in [0.5, 0.6) is 5.75 Å². The summed E-state index contributed by atoms with van der Waals surface area (Å²) in [5.74, 6) is 1.46. The van der Waals surface area contributed by atoms with E-state index in [4.69, 9.17) is 4.74 Å². The molecular weight excluding hydrogens is 286 g/mol. The Labute approximate surface area is 127 Å². The number of hydrogen-bond donors (Lipinski definition) is 1. The van der Waals surface area contributed by atoms with Crippen LogP contribution in [0.1, 0.15) is 32.3 Å². The summed E-state index contributed by atoms with van der Waals surface area (Å²) >= 11 is 0. The lowest BCUT2D eigenvalue weighted by atomic mass is 10.0. The molecule has 1 aliphatic heterocycles. The monoisotopic (exact) mass is 311 g/mol. The number of benzene rings is 1. The highest BCUT2D eigenvalue weighted by Crippen LogP contribution is 2.30. The summed E-state index contributed by atoms with van der Waals surface area (Å²) in [6, 6.07) is 8.31. The van der Waals surface area contributed by atoms with E-state index in [1.807, 2.05) is 18.2 Å². The predicted octanol–water partition coefficient (Wildman–Crippen LogP) is 2.18. The van der Waals surface area contributed by atoms with Gasteiger partial charge in [-0.05, 0) is 31.0 Å². The van der Waals surface area contributed by atoms with E-state index in [9.17, 15) is 8.42 Å². The van der Waals surface area contributed by atoms with Crippen LogP contribution < -0.4 is 10.1 Å². The van der Waals surface area contributed by atoms with Crippen molar-refractivity contribution in [2.75, 3.05) is 18.1 Å². The number of fused-ring (bicyclic) bond motifs is 1. The molecular formula is C16H25NO3S. The molecule has 2 atom stereocenters. The minimum Gasteiger partial charge on any atom is -0.488 e. The van der Waals surface area contributed by atoms with Gasteiger partial charge in [-0.2, -0.15) is 0 Å². The van der Waals surface area contributed by atoms with Crippen molar-refractivity contribution >= 4 is 9.84 Å². The molecule has 0 aromatic heterocycles. The molecule has 0 saturated carbocycles. The lowest BCUT2D eigenvalue weighted by Crippen LogP contribution is -2.42. The topological polar surface area (TPSA) is 55.4 Å². The molecule has 1 heterocycles. The number of ether oxygens (including phenoxy) is 1. The Morgan fingerprint density at radius 2 is 2.10 bits per heavy atom. The number of likely N-dealkylation sites (N-methyl/N-ethyl adjacent to an activating group) is 1. The van der Waals surface area contributed by atoms with E-state index in [2.05, 4.69) is 18.3 Å². The molecule has 2 unspecified atom stereocenters. The molecule has 0 amide bonds. The van der Waals surface area contributed by atoms with Crippen LogP contribution in [0.3, 0.4) is 0 Å². The second kappa shape index (κ2) is 7.27. The molecule has 0 bridgehead atoms. The highest BCUT2D eigenvalue weighted by molar-refractivity contribution is 7.91. The number of nitrogens with one attached hydrogen (secondary N) is 1. The molecule has 1 aliphatic rings. The van der Waals surface area contributed by atoms with Gasteiger partial charge in [0, 0.05) is 18.2 Å². The summed E-state index contributed by atoms with van der Waals surface area (Å²) in [6.07, 6.45) is 2.51. The summed E-state index contributed by atoms with van der Waals surface area (Å²) in [4.78, 5) is 0. The lowest BCUT2D eigenvalue weighted by molar-refractivity contribution is 0.172. The maximum atomic E-state index is 11.6. The van der Waals surface area contributed by atoms with E-state index in [-0.39, 0.29) is 23.7 Å². The molecule has 0 spiro atoms. The highest BCUT2D eigenvalue weighted by Gasteiger charge is 2.29. The van der Waals surface area contributed by atoms with Crippen molar-refractivity contribution in [1.29, 1.82) is 0 Å². The first-order valence-corrected chi connectivity index (χ1v) is 9.56. The summed E-state index contributed by atoms with van der Waals surface area (Å²) in [5.41, 5.74) is 1.24. The second-order valence-corrected chi connectivity index (χ2v) is 7.98. The lowest BCUT2D eigenvalue weighted by Gasteiger charge is -2.24. The number of para-hydroxylation sites is 1. The molecule has 4 nitrogen and oxygen atoms in total. The molecule has 0 radical (unpaired) electrons. The number of hydrogen-bond acceptors (Lipinski definition) is 4. The zero-order valence-electron chi connectivity index (χ0n) is 12.8. The van der Waals surface area contributed by atoms with Crippen molar-refractivity contribution in [1.82, 2.24) is 5.32 Å². The summed E-state index contributed by atoms with van der Waals surface area (Å²) in [5, 5.41) is 3.44. The highest BCUT2D eigenvalue weighted by atomic mass is 32.2. The average Bonchev–Trinajstić information content (AvgIpc) is 2.90. The van der Waals surface area contributed by atoms with Crippen LogP contribution in [-0.2, 0) is 16.3 Å². The fourth-order valence-corrected chi connectivity index (χ4v) is 3.68. The number of sulfone groups is 1. The molecule has 2 rings (SSSR count). The van der Waals surface area contributed by atoms with Gasteiger partial charge >= 0.3 is 0 Å². The van der Waals surface area contributed by atoms with Crippen LogP contribution >= 0.6 is 0 Å². The molecule has 0 fully saturated rings. The summed E-state index contributed by atoms with van der Waals surface area (Å²) in [6.45, 7) is 4.63. The van der Waals surface area contributed by atoms with Crippen molar-refractivity contribution in [2.45, 2.75) is 45.3 Å². The maximum Gasteiger partial charge on any atom is 0.150 e. The Balaban J connectivity index is 1.91. The maximum absolute atomic E-state index is 11.6. The van der Waals surface area contributed by atoms with Crippen LogP contribution in [-0.4, -0.2) is 38.6 Å². The van der Waals surface area contributed by atoms with E-state index in [1.165, 1.54) is 5.56 Å². The van der Waals surface area contributed by atoms with E-state index in [0.29, 0.717) is 6.42 Å². The standard InChI is InChI=1S/C16H25NO3S/c1-3-17-14(9-7-11-21(18,19)4-2)16-12-13-8-5-6-10-15(13)20-16/h5-6,8,10,14,16-17H,3-4,7,9,11-12H2,1-2H3. The first kappa shape index (κ1) is 16.3. The normalized spacial score (nSPS) is 19.0. The van der Waals surface area contributed by atoms with E-state index < -0.39 is 9.84 Å². The quantitative estimate of drug-likeness (QED) is 0.799. The molecule has 21 heavy (non-hydrogen) atoms. The number of rotatable bonds is 8. The van der Waals surface area contributed by atoms with Gasteiger partial charge in [0.2, 0.25) is 0 Å². The van der Waals surface area contributed by atoms with E-state index in [1.54, 1.807) is 6.92 Å². The third-order valence-electron chi connectivity index (χ3n) is 4.00. The van der Waals surface area contributed by atoms with Crippen molar-refractivity contribution in [2.24, 2.45) is 0 Å². The van der Waals surface area contributed by atoms with Crippen LogP contribution in [0, 0.1) is 0 Å². The Morgan fingerprint density at radius 3 is 2.76 bits per heavy atom. The van der Waals surface area contributed by atoms with Crippen LogP contribution in [0.25, 0.3) is 0 Å². The zero-order valence-corrected chi connectivity index (χ0v) is 13.7. The van der Waals surface area contributed by atoms with Crippen molar-refractivity contribution < 1.29 is 13.2 Å². The Hall–Kier alpha value is -1.07.